The molecule has 0 unspecified atom stereocenters. The lowest BCUT2D eigenvalue weighted by Gasteiger charge is -2.13. The second kappa shape index (κ2) is 7.12. The van der Waals surface area contributed by atoms with E-state index in [-0.39, 0.29) is 11.8 Å². The van der Waals surface area contributed by atoms with Gasteiger partial charge >= 0.3 is 0 Å². The van der Waals surface area contributed by atoms with Crippen molar-refractivity contribution in [2.45, 2.75) is 20.0 Å². The molecule has 0 bridgehead atoms. The van der Waals surface area contributed by atoms with Crippen molar-refractivity contribution in [2.75, 3.05) is 5.32 Å². The molecule has 0 saturated carbocycles. The number of carbonyl (C=O) groups is 1. The van der Waals surface area contributed by atoms with Gasteiger partial charge in [0.05, 0.1) is 0 Å². The van der Waals surface area contributed by atoms with E-state index in [1.165, 1.54) is 24.3 Å². The molecule has 1 amide bonds. The number of aryl methyl sites for hydroxylation is 1. The fraction of sp³-hybridized carbons (Fsp3) is 0.167. The normalized spacial score (nSPS) is 11.8. The first-order valence-corrected chi connectivity index (χ1v) is 7.66. The number of anilines is 1. The van der Waals surface area contributed by atoms with Gasteiger partial charge in [-0.25, -0.2) is 4.39 Å². The molecule has 0 aliphatic rings. The topological polar surface area (TPSA) is 77.2 Å². The van der Waals surface area contributed by atoms with Gasteiger partial charge in [0.15, 0.2) is 6.10 Å². The summed E-state index contributed by atoms with van der Waals surface area (Å²) in [7, 11) is 0. The predicted molar refractivity (Wildman–Crippen MR) is 89.6 cm³/mol. The monoisotopic (exact) mass is 341 g/mol. The van der Waals surface area contributed by atoms with Crippen LogP contribution >= 0.6 is 0 Å². The third kappa shape index (κ3) is 4.00. The Morgan fingerprint density at radius 3 is 2.64 bits per heavy atom. The Kier molecular flexibility index (Phi) is 4.74. The Balaban J connectivity index is 1.65. The summed E-state index contributed by atoms with van der Waals surface area (Å²) in [6.45, 7) is 3.50. The van der Waals surface area contributed by atoms with Crippen LogP contribution in [0.3, 0.4) is 0 Å². The maximum absolute atomic E-state index is 12.9. The molecule has 3 aromatic rings. The minimum Gasteiger partial charge on any atom is -0.481 e. The standard InChI is InChI=1S/C18H16FN3O3/c1-11-5-3-4-6-15(11)17-21-18(22-25-17)20-16(23)12(2)24-14-9-7-13(19)8-10-14/h3-10,12H,1-2H3,(H,20,22,23)/t12-/m0/s1. The van der Waals surface area contributed by atoms with E-state index < -0.39 is 12.0 Å². The van der Waals surface area contributed by atoms with Crippen molar-refractivity contribution in [1.29, 1.82) is 0 Å². The van der Waals surface area contributed by atoms with Crippen LogP contribution in [-0.2, 0) is 4.79 Å². The van der Waals surface area contributed by atoms with Crippen LogP contribution < -0.4 is 10.1 Å². The zero-order chi connectivity index (χ0) is 17.8. The van der Waals surface area contributed by atoms with E-state index in [0.717, 1.165) is 11.1 Å². The van der Waals surface area contributed by atoms with Crippen LogP contribution in [0.5, 0.6) is 5.75 Å². The Labute approximate surface area is 143 Å². The minimum atomic E-state index is -0.814. The number of amides is 1. The van der Waals surface area contributed by atoms with Gasteiger partial charge in [0, 0.05) is 5.56 Å². The lowest BCUT2D eigenvalue weighted by atomic mass is 10.1. The summed E-state index contributed by atoms with van der Waals surface area (Å²) < 4.78 is 23.5. The van der Waals surface area contributed by atoms with E-state index in [1.54, 1.807) is 6.92 Å². The molecule has 2 aromatic carbocycles. The summed E-state index contributed by atoms with van der Waals surface area (Å²) in [5.74, 6) is -0.0579. The van der Waals surface area contributed by atoms with Crippen LogP contribution in [0.4, 0.5) is 10.3 Å². The smallest absolute Gasteiger partial charge is 0.270 e. The second-order valence-electron chi connectivity index (χ2n) is 5.44. The number of aromatic nitrogens is 2. The quantitative estimate of drug-likeness (QED) is 0.767. The van der Waals surface area contributed by atoms with Crippen molar-refractivity contribution in [1.82, 2.24) is 10.1 Å². The summed E-state index contributed by atoms with van der Waals surface area (Å²) in [5.41, 5.74) is 1.78. The van der Waals surface area contributed by atoms with Crippen molar-refractivity contribution < 1.29 is 18.4 Å². The van der Waals surface area contributed by atoms with Gasteiger partial charge < -0.3 is 9.26 Å². The number of hydrogen-bond donors (Lipinski definition) is 1. The molecule has 0 saturated heterocycles. The Bertz CT molecular complexity index is 877. The highest BCUT2D eigenvalue weighted by Crippen LogP contribution is 2.22. The summed E-state index contributed by atoms with van der Waals surface area (Å²) in [6.07, 6.45) is -0.814. The van der Waals surface area contributed by atoms with Crippen molar-refractivity contribution >= 4 is 11.9 Å². The van der Waals surface area contributed by atoms with Crippen LogP contribution in [-0.4, -0.2) is 22.2 Å². The highest BCUT2D eigenvalue weighted by atomic mass is 19.1. The fourth-order valence-corrected chi connectivity index (χ4v) is 2.18. The molecule has 0 spiro atoms. The molecular weight excluding hydrogens is 325 g/mol. The molecular formula is C18H16FN3O3. The summed E-state index contributed by atoms with van der Waals surface area (Å²) in [5, 5.41) is 6.28. The van der Waals surface area contributed by atoms with Crippen LogP contribution in [0, 0.1) is 12.7 Å². The van der Waals surface area contributed by atoms with Crippen LogP contribution in [0.15, 0.2) is 53.1 Å². The van der Waals surface area contributed by atoms with Crippen molar-refractivity contribution in [3.63, 3.8) is 0 Å². The van der Waals surface area contributed by atoms with E-state index in [2.05, 4.69) is 15.5 Å². The molecule has 6 nitrogen and oxygen atoms in total. The molecule has 0 fully saturated rings. The molecule has 3 rings (SSSR count). The van der Waals surface area contributed by atoms with E-state index >= 15 is 0 Å². The molecule has 7 heteroatoms. The average Bonchev–Trinajstić information content (AvgIpc) is 3.05. The molecule has 0 aliphatic heterocycles. The summed E-state index contributed by atoms with van der Waals surface area (Å²) in [6, 6.07) is 13.0. The molecule has 25 heavy (non-hydrogen) atoms. The largest absolute Gasteiger partial charge is 0.481 e. The van der Waals surface area contributed by atoms with Crippen molar-refractivity contribution in [3.8, 4) is 17.2 Å². The maximum Gasteiger partial charge on any atom is 0.270 e. The van der Waals surface area contributed by atoms with Gasteiger partial charge in [-0.15, -0.1) is 0 Å². The fourth-order valence-electron chi connectivity index (χ4n) is 2.18. The van der Waals surface area contributed by atoms with E-state index in [4.69, 9.17) is 9.26 Å². The Morgan fingerprint density at radius 1 is 1.20 bits per heavy atom. The minimum absolute atomic E-state index is 0.0535. The van der Waals surface area contributed by atoms with Crippen LogP contribution in [0.2, 0.25) is 0 Å². The lowest BCUT2D eigenvalue weighted by molar-refractivity contribution is -0.122. The maximum atomic E-state index is 12.9. The molecule has 128 valence electrons. The molecule has 0 aliphatic carbocycles. The van der Waals surface area contributed by atoms with Crippen molar-refractivity contribution in [3.05, 3.63) is 59.9 Å². The third-order valence-corrected chi connectivity index (χ3v) is 3.53. The first kappa shape index (κ1) is 16.6. The zero-order valence-corrected chi connectivity index (χ0v) is 13.7. The number of carbonyl (C=O) groups excluding carboxylic acids is 1. The average molecular weight is 341 g/mol. The summed E-state index contributed by atoms with van der Waals surface area (Å²) in [4.78, 5) is 16.3. The van der Waals surface area contributed by atoms with Crippen molar-refractivity contribution in [2.24, 2.45) is 0 Å². The Hall–Kier alpha value is -3.22. The second-order valence-corrected chi connectivity index (χ2v) is 5.44. The molecule has 0 radical (unpaired) electrons. The number of rotatable bonds is 5. The molecule has 1 atom stereocenters. The molecule has 1 aromatic heterocycles. The van der Waals surface area contributed by atoms with Gasteiger partial charge in [-0.2, -0.15) is 4.98 Å². The first-order chi connectivity index (χ1) is 12.0. The molecule has 1 heterocycles. The van der Waals surface area contributed by atoms with Gasteiger partial charge in [-0.3, -0.25) is 10.1 Å². The number of nitrogens with one attached hydrogen (secondary N) is 1. The van der Waals surface area contributed by atoms with Gasteiger partial charge in [0.1, 0.15) is 11.6 Å². The molecule has 1 N–H and O–H groups in total. The highest BCUT2D eigenvalue weighted by molar-refractivity contribution is 5.92. The number of hydrogen-bond acceptors (Lipinski definition) is 5. The van der Waals surface area contributed by atoms with E-state index in [1.807, 2.05) is 31.2 Å². The highest BCUT2D eigenvalue weighted by Gasteiger charge is 2.18. The van der Waals surface area contributed by atoms with E-state index in [0.29, 0.717) is 11.6 Å². The number of benzene rings is 2. The van der Waals surface area contributed by atoms with Gasteiger partial charge in [0.25, 0.3) is 17.7 Å². The summed E-state index contributed by atoms with van der Waals surface area (Å²) >= 11 is 0. The first-order valence-electron chi connectivity index (χ1n) is 7.66. The predicted octanol–water partition coefficient (Wildman–Crippen LogP) is 3.59. The SMILES string of the molecule is Cc1ccccc1-c1nc(NC(=O)[C@H](C)Oc2ccc(F)cc2)no1. The van der Waals surface area contributed by atoms with Crippen LogP contribution in [0.25, 0.3) is 11.5 Å². The lowest BCUT2D eigenvalue weighted by Crippen LogP contribution is -2.30. The Morgan fingerprint density at radius 2 is 1.92 bits per heavy atom. The third-order valence-electron chi connectivity index (χ3n) is 3.53. The zero-order valence-electron chi connectivity index (χ0n) is 13.7. The number of halogens is 1. The van der Waals surface area contributed by atoms with Gasteiger partial charge in [-0.05, 0) is 54.9 Å². The number of ether oxygens (including phenoxy) is 1. The van der Waals surface area contributed by atoms with Crippen LogP contribution in [0.1, 0.15) is 12.5 Å². The van der Waals surface area contributed by atoms with E-state index in [9.17, 15) is 9.18 Å². The number of nitrogens with zero attached hydrogens (tertiary/aromatic N) is 2. The van der Waals surface area contributed by atoms with Gasteiger partial charge in [-0.1, -0.05) is 18.2 Å². The van der Waals surface area contributed by atoms with Gasteiger partial charge in [0.2, 0.25) is 0 Å².